The number of rotatable bonds is 2. The summed E-state index contributed by atoms with van der Waals surface area (Å²) < 4.78 is 5.29. The zero-order chi connectivity index (χ0) is 10.7. The zero-order valence-electron chi connectivity index (χ0n) is 9.17. The molecular weight excluding hydrogens is 176 g/mol. The van der Waals surface area contributed by atoms with Crippen LogP contribution in [0.15, 0.2) is 23.8 Å². The first kappa shape index (κ1) is 11.0. The molecule has 1 aliphatic carbocycles. The topological polar surface area (TPSA) is 26.3 Å². The summed E-state index contributed by atoms with van der Waals surface area (Å²) in [6.45, 7) is 9.47. The van der Waals surface area contributed by atoms with Crippen molar-refractivity contribution in [1.82, 2.24) is 0 Å². The lowest BCUT2D eigenvalue weighted by Gasteiger charge is -2.30. The SMILES string of the molecule is C=C(C)C1CC=C(C)CC1OC(C)=O. The minimum atomic E-state index is -0.198. The van der Waals surface area contributed by atoms with Gasteiger partial charge in [0.2, 0.25) is 0 Å². The maximum Gasteiger partial charge on any atom is 0.302 e. The van der Waals surface area contributed by atoms with E-state index >= 15 is 0 Å². The summed E-state index contributed by atoms with van der Waals surface area (Å²) in [5, 5.41) is 0. The van der Waals surface area contributed by atoms with Gasteiger partial charge in [0, 0.05) is 19.3 Å². The molecule has 0 aromatic heterocycles. The van der Waals surface area contributed by atoms with Gasteiger partial charge in [-0.25, -0.2) is 0 Å². The molecule has 2 nitrogen and oxygen atoms in total. The average molecular weight is 194 g/mol. The van der Waals surface area contributed by atoms with E-state index in [2.05, 4.69) is 19.6 Å². The first-order valence-corrected chi connectivity index (χ1v) is 4.99. The molecule has 2 heteroatoms. The average Bonchev–Trinajstić information content (AvgIpc) is 2.01. The predicted molar refractivity (Wildman–Crippen MR) is 56.8 cm³/mol. The largest absolute Gasteiger partial charge is 0.462 e. The van der Waals surface area contributed by atoms with Crippen LogP contribution in [-0.4, -0.2) is 12.1 Å². The Balaban J connectivity index is 2.72. The first-order valence-electron chi connectivity index (χ1n) is 4.99. The molecular formula is C12H18O2. The second-order valence-electron chi connectivity index (χ2n) is 4.09. The molecule has 0 fully saturated rings. The molecule has 0 saturated carbocycles. The molecule has 0 N–H and O–H groups in total. The molecule has 0 spiro atoms. The molecule has 14 heavy (non-hydrogen) atoms. The molecule has 0 heterocycles. The van der Waals surface area contributed by atoms with Crippen LogP contribution in [0.2, 0.25) is 0 Å². The number of carbonyl (C=O) groups is 1. The lowest BCUT2D eigenvalue weighted by molar-refractivity contribution is -0.148. The van der Waals surface area contributed by atoms with Crippen molar-refractivity contribution >= 4 is 5.97 Å². The van der Waals surface area contributed by atoms with Crippen molar-refractivity contribution in [1.29, 1.82) is 0 Å². The molecule has 0 aromatic rings. The van der Waals surface area contributed by atoms with Crippen LogP contribution in [0.4, 0.5) is 0 Å². The Morgan fingerprint density at radius 3 is 2.71 bits per heavy atom. The molecule has 0 radical (unpaired) electrons. The van der Waals surface area contributed by atoms with Gasteiger partial charge in [0.1, 0.15) is 6.10 Å². The standard InChI is InChI=1S/C12H18O2/c1-8(2)11-6-5-9(3)7-12(11)14-10(4)13/h5,11-12H,1,6-7H2,2-4H3. The summed E-state index contributed by atoms with van der Waals surface area (Å²) in [7, 11) is 0. The predicted octanol–water partition coefficient (Wildman–Crippen LogP) is 2.85. The normalized spacial score (nSPS) is 26.6. The monoisotopic (exact) mass is 194 g/mol. The molecule has 2 unspecified atom stereocenters. The van der Waals surface area contributed by atoms with Gasteiger partial charge in [0.25, 0.3) is 0 Å². The Hall–Kier alpha value is -1.05. The van der Waals surface area contributed by atoms with E-state index in [9.17, 15) is 4.79 Å². The van der Waals surface area contributed by atoms with Crippen LogP contribution < -0.4 is 0 Å². The summed E-state index contributed by atoms with van der Waals surface area (Å²) in [5.74, 6) is 0.0959. The van der Waals surface area contributed by atoms with Crippen LogP contribution >= 0.6 is 0 Å². The fourth-order valence-corrected chi connectivity index (χ4v) is 1.88. The molecule has 1 aliphatic rings. The molecule has 78 valence electrons. The van der Waals surface area contributed by atoms with Crippen LogP contribution in [0.3, 0.4) is 0 Å². The lowest BCUT2D eigenvalue weighted by Crippen LogP contribution is -2.29. The van der Waals surface area contributed by atoms with E-state index in [-0.39, 0.29) is 12.1 Å². The number of allylic oxidation sites excluding steroid dienone is 1. The molecule has 1 rings (SSSR count). The van der Waals surface area contributed by atoms with Crippen molar-refractivity contribution in [3.8, 4) is 0 Å². The van der Waals surface area contributed by atoms with Gasteiger partial charge < -0.3 is 4.74 Å². The second-order valence-corrected chi connectivity index (χ2v) is 4.09. The number of carbonyl (C=O) groups excluding carboxylic acids is 1. The van der Waals surface area contributed by atoms with Crippen LogP contribution in [0.25, 0.3) is 0 Å². The van der Waals surface area contributed by atoms with Crippen molar-refractivity contribution in [2.24, 2.45) is 5.92 Å². The Labute approximate surface area is 85.6 Å². The van der Waals surface area contributed by atoms with E-state index in [1.807, 2.05) is 6.92 Å². The summed E-state index contributed by atoms with van der Waals surface area (Å²) in [6, 6.07) is 0. The lowest BCUT2D eigenvalue weighted by atomic mass is 9.83. The Kier molecular flexibility index (Phi) is 3.50. The summed E-state index contributed by atoms with van der Waals surface area (Å²) in [4.78, 5) is 10.9. The Bertz CT molecular complexity index is 276. The van der Waals surface area contributed by atoms with Crippen LogP contribution in [0.1, 0.15) is 33.6 Å². The molecule has 0 amide bonds. The molecule has 0 aliphatic heterocycles. The Morgan fingerprint density at radius 2 is 2.21 bits per heavy atom. The fraction of sp³-hybridized carbons (Fsp3) is 0.583. The third kappa shape index (κ3) is 2.72. The van der Waals surface area contributed by atoms with E-state index in [0.717, 1.165) is 18.4 Å². The summed E-state index contributed by atoms with van der Waals surface area (Å²) in [5.41, 5.74) is 2.40. The smallest absolute Gasteiger partial charge is 0.302 e. The maximum atomic E-state index is 10.9. The number of ether oxygens (including phenoxy) is 1. The number of hydrogen-bond donors (Lipinski definition) is 0. The zero-order valence-corrected chi connectivity index (χ0v) is 9.17. The first-order chi connectivity index (χ1) is 6.50. The minimum Gasteiger partial charge on any atom is -0.462 e. The van der Waals surface area contributed by atoms with E-state index in [4.69, 9.17) is 4.74 Å². The highest BCUT2D eigenvalue weighted by Gasteiger charge is 2.27. The van der Waals surface area contributed by atoms with Crippen LogP contribution in [-0.2, 0) is 9.53 Å². The van der Waals surface area contributed by atoms with Crippen molar-refractivity contribution in [3.63, 3.8) is 0 Å². The summed E-state index contributed by atoms with van der Waals surface area (Å²) >= 11 is 0. The fourth-order valence-electron chi connectivity index (χ4n) is 1.88. The molecule has 0 saturated heterocycles. The van der Waals surface area contributed by atoms with E-state index in [1.165, 1.54) is 12.5 Å². The van der Waals surface area contributed by atoms with Crippen LogP contribution in [0, 0.1) is 5.92 Å². The molecule has 0 aromatic carbocycles. The van der Waals surface area contributed by atoms with Crippen molar-refractivity contribution in [2.75, 3.05) is 0 Å². The quantitative estimate of drug-likeness (QED) is 0.499. The van der Waals surface area contributed by atoms with Crippen molar-refractivity contribution in [3.05, 3.63) is 23.8 Å². The van der Waals surface area contributed by atoms with Crippen LogP contribution in [0.5, 0.6) is 0 Å². The maximum absolute atomic E-state index is 10.9. The third-order valence-corrected chi connectivity index (χ3v) is 2.64. The highest BCUT2D eigenvalue weighted by atomic mass is 16.5. The van der Waals surface area contributed by atoms with Gasteiger partial charge in [-0.05, 0) is 20.3 Å². The molecule has 0 bridgehead atoms. The highest BCUT2D eigenvalue weighted by molar-refractivity contribution is 5.66. The summed E-state index contributed by atoms with van der Waals surface area (Å²) in [6.07, 6.45) is 3.99. The Morgan fingerprint density at radius 1 is 1.57 bits per heavy atom. The minimum absolute atomic E-state index is 0.00463. The number of hydrogen-bond acceptors (Lipinski definition) is 2. The number of esters is 1. The van der Waals surface area contributed by atoms with E-state index in [0.29, 0.717) is 5.92 Å². The van der Waals surface area contributed by atoms with Gasteiger partial charge >= 0.3 is 5.97 Å². The second kappa shape index (κ2) is 4.45. The van der Waals surface area contributed by atoms with Crippen molar-refractivity contribution in [2.45, 2.75) is 39.7 Å². The van der Waals surface area contributed by atoms with Gasteiger partial charge in [0.05, 0.1) is 0 Å². The van der Waals surface area contributed by atoms with Gasteiger partial charge in [-0.15, -0.1) is 0 Å². The van der Waals surface area contributed by atoms with Gasteiger partial charge in [-0.3, -0.25) is 4.79 Å². The van der Waals surface area contributed by atoms with E-state index in [1.54, 1.807) is 0 Å². The van der Waals surface area contributed by atoms with E-state index < -0.39 is 0 Å². The van der Waals surface area contributed by atoms with Crippen molar-refractivity contribution < 1.29 is 9.53 Å². The van der Waals surface area contributed by atoms with Gasteiger partial charge in [-0.2, -0.15) is 0 Å². The van der Waals surface area contributed by atoms with Gasteiger partial charge in [-0.1, -0.05) is 23.8 Å². The van der Waals surface area contributed by atoms with Gasteiger partial charge in [0.15, 0.2) is 0 Å². The molecule has 2 atom stereocenters. The highest BCUT2D eigenvalue weighted by Crippen LogP contribution is 2.30. The third-order valence-electron chi connectivity index (χ3n) is 2.64.